The fraction of sp³-hybridized carbons (Fsp3) is 0.368. The van der Waals surface area contributed by atoms with E-state index in [0.29, 0.717) is 0 Å². The molecule has 1 N–H and O–H groups in total. The van der Waals surface area contributed by atoms with E-state index in [1.807, 2.05) is 0 Å². The van der Waals surface area contributed by atoms with Gasteiger partial charge in [0.05, 0.1) is 0 Å². The van der Waals surface area contributed by atoms with Gasteiger partial charge in [-0.15, -0.1) is 0 Å². The number of rotatable bonds is 3. The monoisotopic (exact) mass is 265 g/mol. The minimum atomic E-state index is 1.09. The van der Waals surface area contributed by atoms with Crippen molar-refractivity contribution in [2.75, 3.05) is 11.9 Å². The second kappa shape index (κ2) is 5.70. The molecule has 1 aliphatic rings. The molecule has 1 heterocycles. The molecule has 0 atom stereocenters. The highest BCUT2D eigenvalue weighted by Gasteiger charge is 2.11. The molecule has 0 bridgehead atoms. The summed E-state index contributed by atoms with van der Waals surface area (Å²) in [5.74, 6) is 0. The second-order valence-electron chi connectivity index (χ2n) is 5.60. The maximum Gasteiger partial charge on any atom is 0.0373 e. The van der Waals surface area contributed by atoms with Crippen LogP contribution < -0.4 is 5.32 Å². The summed E-state index contributed by atoms with van der Waals surface area (Å²) in [6.45, 7) is 5.57. The van der Waals surface area contributed by atoms with Gasteiger partial charge in [-0.25, -0.2) is 0 Å². The number of fused-ring (bicyclic) bond motifs is 1. The molecule has 2 aromatic carbocycles. The molecule has 0 unspecified atom stereocenters. The first-order chi connectivity index (χ1) is 9.81. The van der Waals surface area contributed by atoms with Crippen molar-refractivity contribution in [2.24, 2.45) is 0 Å². The van der Waals surface area contributed by atoms with Gasteiger partial charge in [0.1, 0.15) is 0 Å². The summed E-state index contributed by atoms with van der Waals surface area (Å²) in [4.78, 5) is 0. The van der Waals surface area contributed by atoms with Gasteiger partial charge in [0.25, 0.3) is 0 Å². The SMILES string of the molecule is CCc1ccc(CC)c(-c2ccc3c(c2)CCCN3)c1. The molecule has 2 aromatic rings. The Kier molecular flexibility index (Phi) is 3.77. The van der Waals surface area contributed by atoms with Crippen LogP contribution >= 0.6 is 0 Å². The number of benzene rings is 2. The third kappa shape index (κ3) is 2.45. The zero-order chi connectivity index (χ0) is 13.9. The van der Waals surface area contributed by atoms with Gasteiger partial charge < -0.3 is 5.32 Å². The molecule has 0 aliphatic carbocycles. The molecule has 0 fully saturated rings. The predicted molar refractivity (Wildman–Crippen MR) is 87.4 cm³/mol. The largest absolute Gasteiger partial charge is 0.385 e. The third-order valence-corrected chi connectivity index (χ3v) is 4.32. The van der Waals surface area contributed by atoms with Gasteiger partial charge in [0.2, 0.25) is 0 Å². The van der Waals surface area contributed by atoms with Crippen molar-refractivity contribution in [3.63, 3.8) is 0 Å². The normalized spacial score (nSPS) is 13.7. The van der Waals surface area contributed by atoms with E-state index in [-0.39, 0.29) is 0 Å². The fourth-order valence-corrected chi connectivity index (χ4v) is 3.06. The number of aryl methyl sites for hydroxylation is 3. The van der Waals surface area contributed by atoms with E-state index in [4.69, 9.17) is 0 Å². The van der Waals surface area contributed by atoms with Gasteiger partial charge in [0, 0.05) is 12.2 Å². The third-order valence-electron chi connectivity index (χ3n) is 4.32. The molecule has 3 rings (SSSR count). The van der Waals surface area contributed by atoms with Gasteiger partial charge in [-0.05, 0) is 65.6 Å². The molecule has 104 valence electrons. The molecular weight excluding hydrogens is 242 g/mol. The number of hydrogen-bond acceptors (Lipinski definition) is 1. The summed E-state index contributed by atoms with van der Waals surface area (Å²) in [5, 5.41) is 3.49. The number of hydrogen-bond donors (Lipinski definition) is 1. The van der Waals surface area contributed by atoms with Crippen LogP contribution in [-0.4, -0.2) is 6.54 Å². The average Bonchev–Trinajstić information content (AvgIpc) is 2.53. The highest BCUT2D eigenvalue weighted by molar-refractivity contribution is 5.72. The molecule has 20 heavy (non-hydrogen) atoms. The molecule has 1 heteroatoms. The van der Waals surface area contributed by atoms with E-state index in [1.165, 1.54) is 46.3 Å². The van der Waals surface area contributed by atoms with Crippen LogP contribution in [0.3, 0.4) is 0 Å². The van der Waals surface area contributed by atoms with Crippen molar-refractivity contribution >= 4 is 5.69 Å². The number of nitrogens with one attached hydrogen (secondary N) is 1. The van der Waals surface area contributed by atoms with E-state index < -0.39 is 0 Å². The summed E-state index contributed by atoms with van der Waals surface area (Å²) < 4.78 is 0. The van der Waals surface area contributed by atoms with Crippen LogP contribution in [0.4, 0.5) is 5.69 Å². The topological polar surface area (TPSA) is 12.0 Å². The van der Waals surface area contributed by atoms with Crippen molar-refractivity contribution in [2.45, 2.75) is 39.5 Å². The Bertz CT molecular complexity index is 613. The molecule has 1 aliphatic heterocycles. The Labute approximate surface area is 122 Å². The molecule has 1 nitrogen and oxygen atoms in total. The van der Waals surface area contributed by atoms with E-state index in [0.717, 1.165) is 19.4 Å². The highest BCUT2D eigenvalue weighted by Crippen LogP contribution is 2.31. The molecule has 0 saturated heterocycles. The zero-order valence-corrected chi connectivity index (χ0v) is 12.5. The standard InChI is InChI=1S/C19H23N/c1-3-14-7-8-15(4-2)18(12-14)16-9-10-19-17(13-16)6-5-11-20-19/h7-10,12-13,20H,3-6,11H2,1-2H3. The highest BCUT2D eigenvalue weighted by atomic mass is 14.9. The van der Waals surface area contributed by atoms with Gasteiger partial charge in [-0.3, -0.25) is 0 Å². The van der Waals surface area contributed by atoms with Crippen LogP contribution in [0.5, 0.6) is 0 Å². The first-order valence-electron chi connectivity index (χ1n) is 7.80. The fourth-order valence-electron chi connectivity index (χ4n) is 3.06. The first kappa shape index (κ1) is 13.2. The predicted octanol–water partition coefficient (Wildman–Crippen LogP) is 4.84. The van der Waals surface area contributed by atoms with Gasteiger partial charge in [-0.2, -0.15) is 0 Å². The van der Waals surface area contributed by atoms with Crippen LogP contribution in [0, 0.1) is 0 Å². The Morgan fingerprint density at radius 2 is 1.90 bits per heavy atom. The summed E-state index contributed by atoms with van der Waals surface area (Å²) >= 11 is 0. The smallest absolute Gasteiger partial charge is 0.0373 e. The maximum atomic E-state index is 3.49. The van der Waals surface area contributed by atoms with Crippen molar-refractivity contribution in [3.8, 4) is 11.1 Å². The molecule has 0 saturated carbocycles. The van der Waals surface area contributed by atoms with Crippen LogP contribution in [0.1, 0.15) is 37.0 Å². The minimum Gasteiger partial charge on any atom is -0.385 e. The Morgan fingerprint density at radius 1 is 1.00 bits per heavy atom. The van der Waals surface area contributed by atoms with Crippen molar-refractivity contribution in [3.05, 3.63) is 53.1 Å². The van der Waals surface area contributed by atoms with E-state index in [2.05, 4.69) is 55.6 Å². The molecule has 0 spiro atoms. The minimum absolute atomic E-state index is 1.09. The molecule has 0 radical (unpaired) electrons. The summed E-state index contributed by atoms with van der Waals surface area (Å²) in [6, 6.07) is 13.8. The Morgan fingerprint density at radius 3 is 2.70 bits per heavy atom. The van der Waals surface area contributed by atoms with E-state index >= 15 is 0 Å². The van der Waals surface area contributed by atoms with E-state index in [9.17, 15) is 0 Å². The Balaban J connectivity index is 2.07. The van der Waals surface area contributed by atoms with Crippen LogP contribution in [-0.2, 0) is 19.3 Å². The average molecular weight is 265 g/mol. The van der Waals surface area contributed by atoms with Crippen LogP contribution in [0.15, 0.2) is 36.4 Å². The van der Waals surface area contributed by atoms with Crippen molar-refractivity contribution in [1.29, 1.82) is 0 Å². The lowest BCUT2D eigenvalue weighted by Gasteiger charge is -2.19. The maximum absolute atomic E-state index is 3.49. The zero-order valence-electron chi connectivity index (χ0n) is 12.5. The summed E-state index contributed by atoms with van der Waals surface area (Å²) in [6.07, 6.45) is 4.63. The van der Waals surface area contributed by atoms with Crippen LogP contribution in [0.25, 0.3) is 11.1 Å². The first-order valence-corrected chi connectivity index (χ1v) is 7.80. The summed E-state index contributed by atoms with van der Waals surface area (Å²) in [5.41, 5.74) is 8.46. The quantitative estimate of drug-likeness (QED) is 0.837. The van der Waals surface area contributed by atoms with Gasteiger partial charge in [-0.1, -0.05) is 38.1 Å². The lowest BCUT2D eigenvalue weighted by atomic mass is 9.92. The van der Waals surface area contributed by atoms with E-state index in [1.54, 1.807) is 0 Å². The molecular formula is C19H23N. The van der Waals surface area contributed by atoms with Crippen LogP contribution in [0.2, 0.25) is 0 Å². The van der Waals surface area contributed by atoms with Crippen molar-refractivity contribution < 1.29 is 0 Å². The lowest BCUT2D eigenvalue weighted by Crippen LogP contribution is -2.11. The van der Waals surface area contributed by atoms with Crippen molar-refractivity contribution in [1.82, 2.24) is 0 Å². The molecule has 0 aromatic heterocycles. The lowest BCUT2D eigenvalue weighted by molar-refractivity contribution is 0.830. The molecule has 0 amide bonds. The van der Waals surface area contributed by atoms with Gasteiger partial charge in [0.15, 0.2) is 0 Å². The van der Waals surface area contributed by atoms with Gasteiger partial charge >= 0.3 is 0 Å². The number of anilines is 1. The second-order valence-corrected chi connectivity index (χ2v) is 5.60. The Hall–Kier alpha value is -1.76. The summed E-state index contributed by atoms with van der Waals surface area (Å²) in [7, 11) is 0.